The summed E-state index contributed by atoms with van der Waals surface area (Å²) in [5.41, 5.74) is 4.07. The van der Waals surface area contributed by atoms with Crippen LogP contribution in [-0.4, -0.2) is 64.7 Å². The van der Waals surface area contributed by atoms with Gasteiger partial charge in [-0.15, -0.1) is 13.2 Å². The molecule has 51 heavy (non-hydrogen) atoms. The van der Waals surface area contributed by atoms with E-state index in [-0.39, 0.29) is 17.5 Å². The van der Waals surface area contributed by atoms with Crippen LogP contribution in [0.4, 0.5) is 10.2 Å². The van der Waals surface area contributed by atoms with Gasteiger partial charge in [0.25, 0.3) is 0 Å². The molecule has 2 atom stereocenters. The molecule has 2 unspecified atom stereocenters. The molecule has 1 aliphatic rings. The number of aromatic nitrogens is 3. The Labute approximate surface area is 301 Å². The van der Waals surface area contributed by atoms with E-state index in [9.17, 15) is 4.79 Å². The number of anilines is 1. The molecule has 2 aromatic carbocycles. The molecule has 0 saturated carbocycles. The van der Waals surface area contributed by atoms with Gasteiger partial charge in [0.2, 0.25) is 0 Å². The van der Waals surface area contributed by atoms with Gasteiger partial charge in [0.1, 0.15) is 17.4 Å². The van der Waals surface area contributed by atoms with Crippen LogP contribution in [0.25, 0.3) is 28.0 Å². The first-order chi connectivity index (χ1) is 24.2. The first-order valence-electron chi connectivity index (χ1n) is 17.5. The maximum atomic E-state index is 15.7. The van der Waals surface area contributed by atoms with Gasteiger partial charge >= 0.3 is 5.97 Å². The quantitative estimate of drug-likeness (QED) is 0.101. The molecule has 0 spiro atoms. The monoisotopic (exact) mass is 698 g/mol. The number of hydrogen-bond donors (Lipinski definition) is 0. The molecule has 5 rings (SSSR count). The molecule has 10 heteroatoms. The number of rotatable bonds is 13. The Morgan fingerprint density at radius 3 is 2.43 bits per heavy atom. The van der Waals surface area contributed by atoms with Crippen LogP contribution >= 0.6 is 0 Å². The second-order valence-corrected chi connectivity index (χ2v) is 14.6. The van der Waals surface area contributed by atoms with Crippen molar-refractivity contribution in [2.45, 2.75) is 91.1 Å². The Morgan fingerprint density at radius 2 is 1.78 bits per heavy atom. The highest BCUT2D eigenvalue weighted by Gasteiger charge is 2.38. The second kappa shape index (κ2) is 15.4. The summed E-state index contributed by atoms with van der Waals surface area (Å²) in [6.45, 7) is 22.9. The number of aryl methyl sites for hydroxylation is 2. The third-order valence-corrected chi connectivity index (χ3v) is 9.10. The van der Waals surface area contributed by atoms with Crippen molar-refractivity contribution >= 4 is 17.4 Å². The molecule has 2 aromatic heterocycles. The van der Waals surface area contributed by atoms with Gasteiger partial charge in [-0.1, -0.05) is 30.4 Å². The molecule has 9 nitrogen and oxygen atoms in total. The van der Waals surface area contributed by atoms with Crippen molar-refractivity contribution in [1.29, 1.82) is 0 Å². The number of nitrogens with zero attached hydrogens (tertiary/aromatic N) is 4. The van der Waals surface area contributed by atoms with Gasteiger partial charge in [-0.3, -0.25) is 0 Å². The highest BCUT2D eigenvalue weighted by molar-refractivity contribution is 5.81. The first kappa shape index (κ1) is 37.7. The minimum Gasteiger partial charge on any atom is -0.490 e. The highest BCUT2D eigenvalue weighted by atomic mass is 19.1. The van der Waals surface area contributed by atoms with Crippen LogP contribution in [0.1, 0.15) is 76.8 Å². The predicted octanol–water partition coefficient (Wildman–Crippen LogP) is 8.75. The van der Waals surface area contributed by atoms with Crippen molar-refractivity contribution in [1.82, 2.24) is 14.6 Å². The smallest absolute Gasteiger partial charge is 0.339 e. The standard InChI is InChI=1S/C41H51FN4O5/c1-11-14-27(4)50-33-23-26(3)22-31(42)36(33)30-16-13-15-29(24-30)32-25-34-43-28(5)35(37(39(47)48-10)51-40(6,7)8)38(46(34)44-32)45-19-17-41(9,18-20-45)49-21-12-2/h11-13,15-16,22-25,27,37H,1-2,14,17-21H2,3-10H3. The molecule has 0 bridgehead atoms. The van der Waals surface area contributed by atoms with Crippen molar-refractivity contribution in [2.75, 3.05) is 31.7 Å². The van der Waals surface area contributed by atoms with Crippen LogP contribution in [0.2, 0.25) is 0 Å². The average molecular weight is 699 g/mol. The van der Waals surface area contributed by atoms with E-state index in [0.717, 1.165) is 24.0 Å². The summed E-state index contributed by atoms with van der Waals surface area (Å²) in [6.07, 6.45) is 4.46. The van der Waals surface area contributed by atoms with Crippen molar-refractivity contribution in [3.63, 3.8) is 0 Å². The van der Waals surface area contributed by atoms with Crippen LogP contribution in [-0.2, 0) is 19.0 Å². The number of piperidine rings is 1. The zero-order valence-electron chi connectivity index (χ0n) is 31.2. The number of fused-ring (bicyclic) bond motifs is 1. The fourth-order valence-corrected chi connectivity index (χ4v) is 6.57. The summed E-state index contributed by atoms with van der Waals surface area (Å²) in [5.74, 6) is 0.295. The van der Waals surface area contributed by atoms with Gasteiger partial charge in [-0.05, 0) is 90.6 Å². The molecule has 3 heterocycles. The molecule has 1 saturated heterocycles. The second-order valence-electron chi connectivity index (χ2n) is 14.6. The largest absolute Gasteiger partial charge is 0.490 e. The zero-order chi connectivity index (χ0) is 37.1. The summed E-state index contributed by atoms with van der Waals surface area (Å²) >= 11 is 0. The van der Waals surface area contributed by atoms with E-state index in [2.05, 4.69) is 25.0 Å². The number of benzene rings is 2. The molecule has 0 aliphatic carbocycles. The number of esters is 1. The van der Waals surface area contributed by atoms with Crippen LogP contribution < -0.4 is 9.64 Å². The summed E-state index contributed by atoms with van der Waals surface area (Å²) in [7, 11) is 1.36. The van der Waals surface area contributed by atoms with Gasteiger partial charge in [0.05, 0.1) is 47.8 Å². The lowest BCUT2D eigenvalue weighted by Gasteiger charge is -2.41. The van der Waals surface area contributed by atoms with Gasteiger partial charge < -0.3 is 23.8 Å². The van der Waals surface area contributed by atoms with Crippen LogP contribution in [0.5, 0.6) is 5.75 Å². The molecule has 0 radical (unpaired) electrons. The van der Waals surface area contributed by atoms with Crippen molar-refractivity contribution in [3.05, 3.63) is 90.4 Å². The Hall–Kier alpha value is -4.54. The lowest BCUT2D eigenvalue weighted by Crippen LogP contribution is -2.45. The molecular formula is C41H51FN4O5. The number of ether oxygens (including phenoxy) is 4. The number of carbonyl (C=O) groups excluding carboxylic acids is 1. The lowest BCUT2D eigenvalue weighted by atomic mass is 9.92. The normalized spacial score (nSPS) is 15.7. The Morgan fingerprint density at radius 1 is 1.08 bits per heavy atom. The molecule has 0 N–H and O–H groups in total. The van der Waals surface area contributed by atoms with Gasteiger partial charge in [-0.25, -0.2) is 14.2 Å². The molecule has 1 fully saturated rings. The molecule has 4 aromatic rings. The molecule has 272 valence electrons. The number of halogens is 1. The van der Waals surface area contributed by atoms with E-state index in [0.29, 0.717) is 71.4 Å². The van der Waals surface area contributed by atoms with Crippen LogP contribution in [0.15, 0.2) is 67.8 Å². The highest BCUT2D eigenvalue weighted by Crippen LogP contribution is 2.40. The fraction of sp³-hybridized carbons (Fsp3) is 0.439. The third-order valence-electron chi connectivity index (χ3n) is 9.10. The van der Waals surface area contributed by atoms with Gasteiger partial charge in [0.15, 0.2) is 11.8 Å². The average Bonchev–Trinajstić information content (AvgIpc) is 3.49. The van der Waals surface area contributed by atoms with E-state index in [1.807, 2.05) is 77.9 Å². The molecular weight excluding hydrogens is 647 g/mol. The number of carbonyl (C=O) groups is 1. The fourth-order valence-electron chi connectivity index (χ4n) is 6.57. The van der Waals surface area contributed by atoms with Gasteiger partial charge in [-0.2, -0.15) is 9.61 Å². The van der Waals surface area contributed by atoms with E-state index in [4.69, 9.17) is 29.0 Å². The minimum absolute atomic E-state index is 0.178. The first-order valence-corrected chi connectivity index (χ1v) is 17.5. The summed E-state index contributed by atoms with van der Waals surface area (Å²) < 4.78 is 41.5. The Kier molecular flexibility index (Phi) is 11.4. The van der Waals surface area contributed by atoms with E-state index in [1.54, 1.807) is 16.7 Å². The third kappa shape index (κ3) is 8.51. The van der Waals surface area contributed by atoms with E-state index < -0.39 is 17.7 Å². The molecule has 1 aliphatic heterocycles. The number of hydrogen-bond acceptors (Lipinski definition) is 8. The molecule has 0 amide bonds. The van der Waals surface area contributed by atoms with Crippen LogP contribution in [0, 0.1) is 19.7 Å². The van der Waals surface area contributed by atoms with E-state index in [1.165, 1.54) is 13.2 Å². The summed E-state index contributed by atoms with van der Waals surface area (Å²) in [4.78, 5) is 20.6. The maximum absolute atomic E-state index is 15.7. The van der Waals surface area contributed by atoms with Crippen molar-refractivity contribution in [3.8, 4) is 28.1 Å². The SMILES string of the molecule is C=CCOC1(C)CCN(c2c(C(OC(C)(C)C)C(=O)OC)c(C)nc3cc(-c4cccc(-c5c(F)cc(C)cc5OC(C)CC=C)c4)nn23)CC1. The Balaban J connectivity index is 1.66. The number of methoxy groups -OCH3 is 1. The summed E-state index contributed by atoms with van der Waals surface area (Å²) in [6, 6.07) is 12.9. The maximum Gasteiger partial charge on any atom is 0.339 e. The van der Waals surface area contributed by atoms with Crippen molar-refractivity contribution in [2.24, 2.45) is 0 Å². The Bertz CT molecular complexity index is 1900. The van der Waals surface area contributed by atoms with E-state index >= 15 is 4.39 Å². The van der Waals surface area contributed by atoms with Gasteiger partial charge in [0, 0.05) is 36.8 Å². The lowest BCUT2D eigenvalue weighted by molar-refractivity contribution is -0.164. The predicted molar refractivity (Wildman–Crippen MR) is 200 cm³/mol. The van der Waals surface area contributed by atoms with Crippen molar-refractivity contribution < 1.29 is 28.1 Å². The summed E-state index contributed by atoms with van der Waals surface area (Å²) in [5, 5.41) is 5.10. The topological polar surface area (TPSA) is 87.4 Å². The zero-order valence-corrected chi connectivity index (χ0v) is 31.2. The minimum atomic E-state index is -1.05. The van der Waals surface area contributed by atoms with Crippen LogP contribution in [0.3, 0.4) is 0 Å².